The average molecular weight is 156 g/mol. The molecule has 2 unspecified atom stereocenters. The van der Waals surface area contributed by atoms with Crippen molar-refractivity contribution in [2.24, 2.45) is 0 Å². The summed E-state index contributed by atoms with van der Waals surface area (Å²) in [5.41, 5.74) is 0. The van der Waals surface area contributed by atoms with Crippen molar-refractivity contribution in [2.75, 3.05) is 13.1 Å². The quantitative estimate of drug-likeness (QED) is 0.523. The zero-order valence-electron chi connectivity index (χ0n) is 6.29. The normalized spacial score (nSPS) is 35.8. The zero-order chi connectivity index (χ0) is 7.84. The lowest BCUT2D eigenvalue weighted by molar-refractivity contribution is 0.109. The standard InChI is InChI=1S/C7H12N2O2/c10-7(11)9-5-1-2-6(9)4-8-3-5/h5-6,8H,1-4H2,(H,10,11). The Morgan fingerprint density at radius 3 is 2.27 bits per heavy atom. The van der Waals surface area contributed by atoms with Crippen molar-refractivity contribution in [3.63, 3.8) is 0 Å². The molecule has 2 atom stereocenters. The molecular formula is C7H12N2O2. The van der Waals surface area contributed by atoms with Gasteiger partial charge in [-0.05, 0) is 12.8 Å². The van der Waals surface area contributed by atoms with Crippen LogP contribution in [-0.4, -0.2) is 41.3 Å². The van der Waals surface area contributed by atoms with Gasteiger partial charge in [-0.1, -0.05) is 0 Å². The van der Waals surface area contributed by atoms with Crippen LogP contribution in [0.25, 0.3) is 0 Å². The maximum absolute atomic E-state index is 10.7. The van der Waals surface area contributed by atoms with Gasteiger partial charge in [0.1, 0.15) is 0 Å². The largest absolute Gasteiger partial charge is 0.465 e. The molecular weight excluding hydrogens is 144 g/mol. The summed E-state index contributed by atoms with van der Waals surface area (Å²) < 4.78 is 0. The van der Waals surface area contributed by atoms with Crippen LogP contribution in [0.4, 0.5) is 4.79 Å². The molecule has 0 aromatic carbocycles. The van der Waals surface area contributed by atoms with Gasteiger partial charge in [0.2, 0.25) is 0 Å². The van der Waals surface area contributed by atoms with Gasteiger partial charge in [-0.15, -0.1) is 0 Å². The Labute approximate surface area is 65.2 Å². The number of carboxylic acid groups (broad SMARTS) is 1. The van der Waals surface area contributed by atoms with Gasteiger partial charge >= 0.3 is 6.09 Å². The third kappa shape index (κ3) is 0.976. The summed E-state index contributed by atoms with van der Waals surface area (Å²) in [5, 5.41) is 12.0. The minimum Gasteiger partial charge on any atom is -0.465 e. The third-order valence-electron chi connectivity index (χ3n) is 2.60. The number of amides is 1. The molecule has 4 heteroatoms. The predicted molar refractivity (Wildman–Crippen MR) is 39.5 cm³/mol. The molecule has 11 heavy (non-hydrogen) atoms. The minimum atomic E-state index is -0.751. The third-order valence-corrected chi connectivity index (χ3v) is 2.60. The van der Waals surface area contributed by atoms with Crippen LogP contribution in [0.3, 0.4) is 0 Å². The maximum Gasteiger partial charge on any atom is 0.407 e. The van der Waals surface area contributed by atoms with Crippen LogP contribution < -0.4 is 5.32 Å². The Bertz CT molecular complexity index is 167. The van der Waals surface area contributed by atoms with E-state index in [4.69, 9.17) is 5.11 Å². The van der Waals surface area contributed by atoms with E-state index in [2.05, 4.69) is 5.32 Å². The Morgan fingerprint density at radius 2 is 1.91 bits per heavy atom. The Morgan fingerprint density at radius 1 is 1.36 bits per heavy atom. The van der Waals surface area contributed by atoms with E-state index < -0.39 is 6.09 Å². The summed E-state index contributed by atoms with van der Waals surface area (Å²) >= 11 is 0. The Hall–Kier alpha value is -0.770. The SMILES string of the molecule is O=C(O)N1C2CCC1CNC2. The van der Waals surface area contributed by atoms with Crippen LogP contribution >= 0.6 is 0 Å². The highest BCUT2D eigenvalue weighted by molar-refractivity contribution is 5.66. The second-order valence-electron chi connectivity index (χ2n) is 3.23. The summed E-state index contributed by atoms with van der Waals surface area (Å²) in [7, 11) is 0. The summed E-state index contributed by atoms with van der Waals surface area (Å²) in [4.78, 5) is 12.3. The number of nitrogens with zero attached hydrogens (tertiary/aromatic N) is 1. The highest BCUT2D eigenvalue weighted by Gasteiger charge is 2.39. The van der Waals surface area contributed by atoms with Crippen molar-refractivity contribution >= 4 is 6.09 Å². The lowest BCUT2D eigenvalue weighted by Crippen LogP contribution is -2.53. The van der Waals surface area contributed by atoms with Crippen molar-refractivity contribution in [3.8, 4) is 0 Å². The monoisotopic (exact) mass is 156 g/mol. The fraction of sp³-hybridized carbons (Fsp3) is 0.857. The van der Waals surface area contributed by atoms with Crippen LogP contribution in [0, 0.1) is 0 Å². The first-order valence-corrected chi connectivity index (χ1v) is 4.01. The van der Waals surface area contributed by atoms with Crippen LogP contribution in [0.15, 0.2) is 0 Å². The van der Waals surface area contributed by atoms with Crippen molar-refractivity contribution in [2.45, 2.75) is 24.9 Å². The average Bonchev–Trinajstić information content (AvgIpc) is 2.23. The Kier molecular flexibility index (Phi) is 1.49. The number of rotatable bonds is 0. The van der Waals surface area contributed by atoms with E-state index in [1.807, 2.05) is 0 Å². The fourth-order valence-corrected chi connectivity index (χ4v) is 2.09. The van der Waals surface area contributed by atoms with Gasteiger partial charge in [-0.2, -0.15) is 0 Å². The topological polar surface area (TPSA) is 52.6 Å². The molecule has 2 bridgehead atoms. The van der Waals surface area contributed by atoms with Gasteiger partial charge in [0, 0.05) is 25.2 Å². The van der Waals surface area contributed by atoms with Crippen LogP contribution in [0.2, 0.25) is 0 Å². The van der Waals surface area contributed by atoms with Crippen LogP contribution in [0.5, 0.6) is 0 Å². The van der Waals surface area contributed by atoms with E-state index in [-0.39, 0.29) is 12.1 Å². The van der Waals surface area contributed by atoms with Crippen molar-refractivity contribution in [1.29, 1.82) is 0 Å². The zero-order valence-corrected chi connectivity index (χ0v) is 6.29. The van der Waals surface area contributed by atoms with Gasteiger partial charge in [0.25, 0.3) is 0 Å². The van der Waals surface area contributed by atoms with Crippen molar-refractivity contribution < 1.29 is 9.90 Å². The smallest absolute Gasteiger partial charge is 0.407 e. The fourth-order valence-electron chi connectivity index (χ4n) is 2.09. The number of piperazine rings is 1. The molecule has 2 saturated heterocycles. The van der Waals surface area contributed by atoms with E-state index >= 15 is 0 Å². The molecule has 2 N–H and O–H groups in total. The molecule has 0 aromatic rings. The van der Waals surface area contributed by atoms with Crippen LogP contribution in [0.1, 0.15) is 12.8 Å². The second-order valence-corrected chi connectivity index (χ2v) is 3.23. The molecule has 62 valence electrons. The number of fused-ring (bicyclic) bond motifs is 2. The van der Waals surface area contributed by atoms with E-state index in [0.717, 1.165) is 25.9 Å². The lowest BCUT2D eigenvalue weighted by atomic mass is 10.2. The van der Waals surface area contributed by atoms with Crippen molar-refractivity contribution in [3.05, 3.63) is 0 Å². The summed E-state index contributed by atoms with van der Waals surface area (Å²) in [6.45, 7) is 1.67. The molecule has 2 heterocycles. The number of carbonyl (C=O) groups is 1. The first-order valence-electron chi connectivity index (χ1n) is 4.01. The molecule has 0 saturated carbocycles. The molecule has 0 spiro atoms. The molecule has 2 rings (SSSR count). The molecule has 0 aromatic heterocycles. The second kappa shape index (κ2) is 2.37. The van der Waals surface area contributed by atoms with Crippen LogP contribution in [-0.2, 0) is 0 Å². The maximum atomic E-state index is 10.7. The summed E-state index contributed by atoms with van der Waals surface area (Å²) in [6, 6.07) is 0.484. The molecule has 4 nitrogen and oxygen atoms in total. The lowest BCUT2D eigenvalue weighted by Gasteiger charge is -2.32. The molecule has 0 aliphatic carbocycles. The highest BCUT2D eigenvalue weighted by atomic mass is 16.4. The van der Waals surface area contributed by atoms with E-state index in [1.165, 1.54) is 0 Å². The van der Waals surface area contributed by atoms with Gasteiger partial charge in [0.15, 0.2) is 0 Å². The van der Waals surface area contributed by atoms with Gasteiger partial charge < -0.3 is 10.4 Å². The summed E-state index contributed by atoms with van der Waals surface area (Å²) in [5.74, 6) is 0. The molecule has 2 aliphatic rings. The molecule has 0 radical (unpaired) electrons. The number of hydrogen-bond acceptors (Lipinski definition) is 2. The number of nitrogens with one attached hydrogen (secondary N) is 1. The first-order chi connectivity index (χ1) is 5.29. The molecule has 1 amide bonds. The number of hydrogen-bond donors (Lipinski definition) is 2. The van der Waals surface area contributed by atoms with Gasteiger partial charge in [0.05, 0.1) is 0 Å². The highest BCUT2D eigenvalue weighted by Crippen LogP contribution is 2.25. The minimum absolute atomic E-state index is 0.242. The van der Waals surface area contributed by atoms with E-state index in [1.54, 1.807) is 4.90 Å². The van der Waals surface area contributed by atoms with Gasteiger partial charge in [-0.25, -0.2) is 4.79 Å². The summed E-state index contributed by atoms with van der Waals surface area (Å²) in [6.07, 6.45) is 1.31. The Balaban J connectivity index is 2.15. The van der Waals surface area contributed by atoms with E-state index in [9.17, 15) is 4.79 Å². The van der Waals surface area contributed by atoms with Gasteiger partial charge in [-0.3, -0.25) is 4.90 Å². The first kappa shape index (κ1) is 6.91. The molecule has 2 fully saturated rings. The molecule has 2 aliphatic heterocycles. The van der Waals surface area contributed by atoms with Crippen molar-refractivity contribution in [1.82, 2.24) is 10.2 Å². The van der Waals surface area contributed by atoms with E-state index in [0.29, 0.717) is 0 Å². The predicted octanol–water partition coefficient (Wildman–Crippen LogP) is 0.101.